The molecule has 0 radical (unpaired) electrons. The van der Waals surface area contributed by atoms with Crippen molar-refractivity contribution in [3.8, 4) is 0 Å². The Morgan fingerprint density at radius 1 is 0.870 bits per heavy atom. The average Bonchev–Trinajstić information content (AvgIpc) is 3.00. The highest BCUT2D eigenvalue weighted by molar-refractivity contribution is 6.06. The Morgan fingerprint density at radius 2 is 1.54 bits per heavy atom. The molecule has 0 aromatic heterocycles. The van der Waals surface area contributed by atoms with Gasteiger partial charge in [0.15, 0.2) is 0 Å². The number of para-hydroxylation sites is 1. The summed E-state index contributed by atoms with van der Waals surface area (Å²) in [6.45, 7) is 18.9. The molecule has 2 amide bonds. The van der Waals surface area contributed by atoms with E-state index in [4.69, 9.17) is 0 Å². The van der Waals surface area contributed by atoms with Crippen molar-refractivity contribution in [1.82, 2.24) is 4.90 Å². The van der Waals surface area contributed by atoms with Gasteiger partial charge in [0.2, 0.25) is 0 Å². The van der Waals surface area contributed by atoms with Crippen molar-refractivity contribution in [3.63, 3.8) is 0 Å². The maximum atomic E-state index is 14.1. The molecule has 0 fully saturated rings. The molecular formula is C40H50N4O2. The average molecular weight is 619 g/mol. The number of anilines is 3. The van der Waals surface area contributed by atoms with Crippen LogP contribution in [0.25, 0.3) is 0 Å². The van der Waals surface area contributed by atoms with Crippen LogP contribution < -0.4 is 15.1 Å². The van der Waals surface area contributed by atoms with Crippen LogP contribution in [0.1, 0.15) is 71.9 Å². The number of nitrogens with zero attached hydrogens (tertiary/aromatic N) is 3. The summed E-state index contributed by atoms with van der Waals surface area (Å²) >= 11 is 0. The van der Waals surface area contributed by atoms with E-state index in [1.165, 1.54) is 5.56 Å². The summed E-state index contributed by atoms with van der Waals surface area (Å²) in [7, 11) is 1.87. The largest absolute Gasteiger partial charge is 0.372 e. The summed E-state index contributed by atoms with van der Waals surface area (Å²) in [5, 5.41) is 3.13. The molecule has 1 unspecified atom stereocenters. The Balaban J connectivity index is 1.50. The van der Waals surface area contributed by atoms with Crippen LogP contribution in [0.3, 0.4) is 0 Å². The first-order valence-corrected chi connectivity index (χ1v) is 16.4. The highest BCUT2D eigenvalue weighted by Gasteiger charge is 2.43. The van der Waals surface area contributed by atoms with Crippen molar-refractivity contribution >= 4 is 28.9 Å². The van der Waals surface area contributed by atoms with Gasteiger partial charge in [-0.05, 0) is 81.5 Å². The number of rotatable bonds is 6. The molecule has 0 bridgehead atoms. The van der Waals surface area contributed by atoms with Crippen LogP contribution in [0.5, 0.6) is 0 Å². The maximum Gasteiger partial charge on any atom is 0.255 e. The first-order valence-electron chi connectivity index (χ1n) is 16.4. The second-order valence-electron chi connectivity index (χ2n) is 15.1. The molecule has 6 nitrogen and oxygen atoms in total. The number of nitrogens with one attached hydrogen (secondary N) is 1. The molecule has 0 saturated heterocycles. The summed E-state index contributed by atoms with van der Waals surface area (Å²) in [4.78, 5) is 34.3. The number of hydrogen-bond acceptors (Lipinski definition) is 4. The lowest BCUT2D eigenvalue weighted by Crippen LogP contribution is -2.46. The van der Waals surface area contributed by atoms with Crippen LogP contribution in [-0.4, -0.2) is 42.4 Å². The summed E-state index contributed by atoms with van der Waals surface area (Å²) < 4.78 is 0. The van der Waals surface area contributed by atoms with Crippen LogP contribution in [0, 0.1) is 17.8 Å². The van der Waals surface area contributed by atoms with Crippen molar-refractivity contribution in [2.45, 2.75) is 73.3 Å². The van der Waals surface area contributed by atoms with Crippen molar-refractivity contribution in [2.24, 2.45) is 10.8 Å². The molecule has 0 spiro atoms. The zero-order valence-electron chi connectivity index (χ0n) is 29.0. The predicted molar refractivity (Wildman–Crippen MR) is 191 cm³/mol. The third kappa shape index (κ3) is 6.76. The highest BCUT2D eigenvalue weighted by atomic mass is 16.2. The molecule has 5 rings (SSSR count). The monoisotopic (exact) mass is 618 g/mol. The fourth-order valence-corrected chi connectivity index (χ4v) is 6.55. The fraction of sp³-hybridized carbons (Fsp3) is 0.400. The van der Waals surface area contributed by atoms with E-state index in [0.29, 0.717) is 12.1 Å². The number of benzene rings is 3. The van der Waals surface area contributed by atoms with Gasteiger partial charge in [0.1, 0.15) is 0 Å². The molecule has 2 aliphatic rings. The Labute approximate surface area is 275 Å². The normalized spacial score (nSPS) is 19.2. The summed E-state index contributed by atoms with van der Waals surface area (Å²) in [5.41, 5.74) is 5.67. The second kappa shape index (κ2) is 12.5. The first-order chi connectivity index (χ1) is 21.6. The second-order valence-corrected chi connectivity index (χ2v) is 15.1. The standard InChI is InChI=1S/C40H50N4O2/c1-28-18-20-31(21-19-28)43-25-33(40(7,8)34(26-43)36(45)41-30-15-11-10-12-16-30)29-14-13-17-32(24-29)42(9)37(46)35-27-44(38(2,3)4)23-22-39(35,5)6/h10-21,24,26-27,33H,22-23,25H2,1-9H3,(H,41,45). The predicted octanol–water partition coefficient (Wildman–Crippen LogP) is 8.52. The third-order valence-electron chi connectivity index (χ3n) is 9.92. The smallest absolute Gasteiger partial charge is 0.255 e. The zero-order valence-corrected chi connectivity index (χ0v) is 29.0. The molecular weight excluding hydrogens is 568 g/mol. The Bertz CT molecular complexity index is 1640. The van der Waals surface area contributed by atoms with Crippen molar-refractivity contribution in [2.75, 3.05) is 35.3 Å². The minimum atomic E-state index is -0.498. The fourth-order valence-electron chi connectivity index (χ4n) is 6.55. The van der Waals surface area contributed by atoms with Crippen molar-refractivity contribution < 1.29 is 9.59 Å². The van der Waals surface area contributed by atoms with Gasteiger partial charge in [-0.25, -0.2) is 0 Å². The van der Waals surface area contributed by atoms with Crippen LogP contribution in [0.2, 0.25) is 0 Å². The van der Waals surface area contributed by atoms with Gasteiger partial charge < -0.3 is 20.0 Å². The molecule has 3 aromatic carbocycles. The van der Waals surface area contributed by atoms with Crippen molar-refractivity contribution in [3.05, 3.63) is 114 Å². The first kappa shape index (κ1) is 33.1. The van der Waals surface area contributed by atoms with Crippen LogP contribution in [0.15, 0.2) is 102 Å². The van der Waals surface area contributed by atoms with E-state index >= 15 is 0 Å². The quantitative estimate of drug-likeness (QED) is 0.301. The van der Waals surface area contributed by atoms with Gasteiger partial charge in [0, 0.05) is 77.6 Å². The minimum Gasteiger partial charge on any atom is -0.372 e. The number of carbonyl (C=O) groups excluding carboxylic acids is 2. The van der Waals surface area contributed by atoms with E-state index in [1.54, 1.807) is 4.90 Å². The van der Waals surface area contributed by atoms with Gasteiger partial charge in [-0.3, -0.25) is 9.59 Å². The van der Waals surface area contributed by atoms with E-state index in [2.05, 4.69) is 113 Å². The van der Waals surface area contributed by atoms with Gasteiger partial charge in [0.05, 0.1) is 0 Å². The van der Waals surface area contributed by atoms with Gasteiger partial charge in [-0.2, -0.15) is 0 Å². The van der Waals surface area contributed by atoms with Crippen LogP contribution in [-0.2, 0) is 9.59 Å². The lowest BCUT2D eigenvalue weighted by Gasteiger charge is -2.44. The van der Waals surface area contributed by atoms with Crippen LogP contribution in [0.4, 0.5) is 17.1 Å². The molecule has 0 saturated carbocycles. The van der Waals surface area contributed by atoms with E-state index in [1.807, 2.05) is 55.7 Å². The Hall–Kier alpha value is -4.32. The molecule has 6 heteroatoms. The Kier molecular flexibility index (Phi) is 8.96. The molecule has 0 aliphatic carbocycles. The molecule has 2 aliphatic heterocycles. The number of likely N-dealkylation sites (N-methyl/N-ethyl adjacent to an activating group) is 1. The van der Waals surface area contributed by atoms with Gasteiger partial charge in [0.25, 0.3) is 11.8 Å². The SMILES string of the molecule is Cc1ccc(N2C=C(C(=O)Nc3ccccc3)C(C)(C)C(c3cccc(N(C)C(=O)C4=CN(C(C)(C)C)CCC4(C)C)c3)C2)cc1. The van der Waals surface area contributed by atoms with E-state index in [-0.39, 0.29) is 28.7 Å². The summed E-state index contributed by atoms with van der Waals surface area (Å²) in [5.74, 6) is -0.125. The summed E-state index contributed by atoms with van der Waals surface area (Å²) in [6.07, 6.45) is 5.01. The van der Waals surface area contributed by atoms with E-state index < -0.39 is 5.41 Å². The van der Waals surface area contributed by atoms with Crippen LogP contribution >= 0.6 is 0 Å². The minimum absolute atomic E-state index is 0.0168. The molecule has 46 heavy (non-hydrogen) atoms. The Morgan fingerprint density at radius 3 is 2.20 bits per heavy atom. The van der Waals surface area contributed by atoms with Gasteiger partial charge >= 0.3 is 0 Å². The molecule has 242 valence electrons. The summed E-state index contributed by atoms with van der Waals surface area (Å²) in [6, 6.07) is 26.3. The maximum absolute atomic E-state index is 14.1. The number of hydrogen-bond donors (Lipinski definition) is 1. The number of aryl methyl sites for hydroxylation is 1. The van der Waals surface area contributed by atoms with E-state index in [9.17, 15) is 9.59 Å². The third-order valence-corrected chi connectivity index (χ3v) is 9.92. The molecule has 1 atom stereocenters. The molecule has 1 N–H and O–H groups in total. The lowest BCUT2D eigenvalue weighted by atomic mass is 9.67. The van der Waals surface area contributed by atoms with Crippen molar-refractivity contribution in [1.29, 1.82) is 0 Å². The van der Waals surface area contributed by atoms with E-state index in [0.717, 1.165) is 41.2 Å². The van der Waals surface area contributed by atoms with Gasteiger partial charge in [-0.15, -0.1) is 0 Å². The number of carbonyl (C=O) groups is 2. The highest BCUT2D eigenvalue weighted by Crippen LogP contribution is 2.47. The lowest BCUT2D eigenvalue weighted by molar-refractivity contribution is -0.116. The zero-order chi connectivity index (χ0) is 33.4. The topological polar surface area (TPSA) is 55.9 Å². The number of amides is 2. The molecule has 3 aromatic rings. The molecule has 2 heterocycles. The van der Waals surface area contributed by atoms with Gasteiger partial charge in [-0.1, -0.05) is 75.7 Å².